The van der Waals surface area contributed by atoms with E-state index in [0.717, 1.165) is 44.8 Å². The van der Waals surface area contributed by atoms with Crippen molar-refractivity contribution in [3.8, 4) is 5.75 Å². The third-order valence-electron chi connectivity index (χ3n) is 7.20. The van der Waals surface area contributed by atoms with Gasteiger partial charge >= 0.3 is 6.35 Å². The maximum absolute atomic E-state index is 4.96. The van der Waals surface area contributed by atoms with Crippen LogP contribution in [0.5, 0.6) is 5.75 Å². The van der Waals surface area contributed by atoms with Crippen LogP contribution in [0.2, 0.25) is 0 Å². The molecule has 0 saturated carbocycles. The number of para-hydroxylation sites is 1. The fourth-order valence-electron chi connectivity index (χ4n) is 5.60. The quantitative estimate of drug-likeness (QED) is 0.265. The lowest BCUT2D eigenvalue weighted by Crippen LogP contribution is -2.68. The minimum atomic E-state index is -1.88. The van der Waals surface area contributed by atoms with Gasteiger partial charge in [-0.25, -0.2) is 0 Å². The predicted molar refractivity (Wildman–Crippen MR) is 148 cm³/mol. The summed E-state index contributed by atoms with van der Waals surface area (Å²) in [6.07, 6.45) is 3.70. The van der Waals surface area contributed by atoms with Gasteiger partial charge in [0.15, 0.2) is 0 Å². The normalized spacial score (nSPS) is 14.4. The van der Waals surface area contributed by atoms with Crippen molar-refractivity contribution < 1.29 is 4.28 Å². The van der Waals surface area contributed by atoms with E-state index in [1.54, 1.807) is 0 Å². The molecule has 0 bridgehead atoms. The summed E-state index contributed by atoms with van der Waals surface area (Å²) in [6.45, 7) is 2.12. The average molecular weight is 467 g/mol. The molecule has 4 heterocycles. The molecule has 1 aliphatic heterocycles. The first-order valence-corrected chi connectivity index (χ1v) is 12.2. The van der Waals surface area contributed by atoms with Crippen molar-refractivity contribution in [1.82, 2.24) is 15.0 Å². The van der Waals surface area contributed by atoms with Gasteiger partial charge in [-0.05, 0) is 59.6 Å². The molecule has 2 aromatic carbocycles. The number of aryl methyl sites for hydroxylation is 1. The minimum absolute atomic E-state index is 0.901. The maximum atomic E-state index is 4.96. The molecule has 36 heavy (non-hydrogen) atoms. The smallest absolute Gasteiger partial charge is 0.451 e. The standard InChI is InChI=1S/C31H26BN3O/c1-23-16-18-24(19-17-23)30-25-11-3-4-13-27(25)36(2)32(28-14-6-9-21-34-28,29-15-7-10-22-35-29)31(30)26-12-5-8-20-33-26/h3-22H,1-2H3. The SMILES string of the molecule is Cc1ccc(C2=C(c3ccccn3)[B-](c3ccccn3)(c3ccccn3)[O+](C)c3ccccc32)cc1. The molecule has 3 aromatic heterocycles. The molecule has 4 nitrogen and oxygen atoms in total. The molecule has 174 valence electrons. The Morgan fingerprint density at radius 2 is 1.19 bits per heavy atom. The van der Waals surface area contributed by atoms with Crippen LogP contribution < -0.4 is 11.2 Å². The van der Waals surface area contributed by atoms with Gasteiger partial charge in [-0.15, -0.1) is 0 Å². The van der Waals surface area contributed by atoms with E-state index < -0.39 is 6.35 Å². The summed E-state index contributed by atoms with van der Waals surface area (Å²) < 4.78 is 3.50. The topological polar surface area (TPSA) is 41.4 Å². The van der Waals surface area contributed by atoms with E-state index in [9.17, 15) is 0 Å². The number of aromatic nitrogens is 3. The van der Waals surface area contributed by atoms with Crippen molar-refractivity contribution in [1.29, 1.82) is 0 Å². The zero-order valence-electron chi connectivity index (χ0n) is 20.4. The van der Waals surface area contributed by atoms with E-state index in [0.29, 0.717) is 0 Å². The molecule has 1 aliphatic rings. The summed E-state index contributed by atoms with van der Waals surface area (Å²) in [5, 5.41) is 0. The van der Waals surface area contributed by atoms with Gasteiger partial charge in [-0.2, -0.15) is 0 Å². The number of nitrogens with zero attached hydrogens (tertiary/aromatic N) is 3. The summed E-state index contributed by atoms with van der Waals surface area (Å²) in [6, 6.07) is 35.6. The minimum Gasteiger partial charge on any atom is -0.809 e. The lowest BCUT2D eigenvalue weighted by Gasteiger charge is -2.53. The average Bonchev–Trinajstić information content (AvgIpc) is 2.95. The molecule has 0 unspecified atom stereocenters. The highest BCUT2D eigenvalue weighted by molar-refractivity contribution is 7.12. The second-order valence-corrected chi connectivity index (χ2v) is 9.22. The van der Waals surface area contributed by atoms with Crippen molar-refractivity contribution in [2.45, 2.75) is 6.92 Å². The number of hydrogen-bond acceptors (Lipinski definition) is 3. The Kier molecular flexibility index (Phi) is 5.46. The Morgan fingerprint density at radius 3 is 1.78 bits per heavy atom. The van der Waals surface area contributed by atoms with Crippen molar-refractivity contribution in [3.05, 3.63) is 144 Å². The molecule has 0 saturated heterocycles. The van der Waals surface area contributed by atoms with Crippen LogP contribution in [0, 0.1) is 6.92 Å². The number of pyridine rings is 3. The second-order valence-electron chi connectivity index (χ2n) is 9.22. The van der Waals surface area contributed by atoms with Crippen molar-refractivity contribution in [2.24, 2.45) is 0 Å². The van der Waals surface area contributed by atoms with Crippen LogP contribution in [0.25, 0.3) is 11.0 Å². The van der Waals surface area contributed by atoms with Gasteiger partial charge in [0.25, 0.3) is 0 Å². The molecule has 0 spiro atoms. The monoisotopic (exact) mass is 467 g/mol. The van der Waals surface area contributed by atoms with Crippen LogP contribution in [0.3, 0.4) is 0 Å². The van der Waals surface area contributed by atoms with Crippen LogP contribution in [0.4, 0.5) is 0 Å². The van der Waals surface area contributed by atoms with Crippen LogP contribution >= 0.6 is 0 Å². The van der Waals surface area contributed by atoms with Gasteiger partial charge in [0, 0.05) is 30.4 Å². The highest BCUT2D eigenvalue weighted by Gasteiger charge is 2.54. The number of benzene rings is 2. The van der Waals surface area contributed by atoms with Crippen LogP contribution in [0.1, 0.15) is 22.4 Å². The largest absolute Gasteiger partial charge is 0.809 e. The Morgan fingerprint density at radius 1 is 0.611 bits per heavy atom. The fourth-order valence-corrected chi connectivity index (χ4v) is 5.60. The molecule has 0 fully saturated rings. The van der Waals surface area contributed by atoms with Crippen LogP contribution in [-0.2, 0) is 4.28 Å². The molecule has 0 N–H and O–H groups in total. The zero-order valence-corrected chi connectivity index (χ0v) is 20.4. The molecule has 0 amide bonds. The van der Waals surface area contributed by atoms with Crippen molar-refractivity contribution in [2.75, 3.05) is 7.11 Å². The van der Waals surface area contributed by atoms with Crippen LogP contribution in [-0.4, -0.2) is 28.4 Å². The lowest BCUT2D eigenvalue weighted by molar-refractivity contribution is 0.172. The molecule has 5 aromatic rings. The van der Waals surface area contributed by atoms with E-state index >= 15 is 0 Å². The fraction of sp³-hybridized carbons (Fsp3) is 0.0645. The molecule has 0 atom stereocenters. The summed E-state index contributed by atoms with van der Waals surface area (Å²) >= 11 is 0. The molecule has 0 radical (unpaired) electrons. The van der Waals surface area contributed by atoms with E-state index in [-0.39, 0.29) is 0 Å². The lowest BCUT2D eigenvalue weighted by atomic mass is 9.28. The van der Waals surface area contributed by atoms with E-state index in [1.807, 2.05) is 55.0 Å². The third kappa shape index (κ3) is 3.35. The van der Waals surface area contributed by atoms with Gasteiger partial charge in [0.2, 0.25) is 5.75 Å². The van der Waals surface area contributed by atoms with E-state index in [4.69, 9.17) is 15.0 Å². The number of hydrogen-bond donors (Lipinski definition) is 0. The van der Waals surface area contributed by atoms with Crippen LogP contribution in [0.15, 0.2) is 122 Å². The third-order valence-corrected chi connectivity index (χ3v) is 7.20. The summed E-state index contributed by atoms with van der Waals surface area (Å²) in [7, 11) is 2.08. The highest BCUT2D eigenvalue weighted by atomic mass is 16.6. The molecule has 5 heteroatoms. The Bertz CT molecular complexity index is 1500. The molecular weight excluding hydrogens is 441 g/mol. The summed E-state index contributed by atoms with van der Waals surface area (Å²) in [5.74, 6) is 1.06. The number of rotatable bonds is 4. The first kappa shape index (κ1) is 22.0. The first-order chi connectivity index (χ1) is 17.7. The molecule has 6 rings (SSSR count). The van der Waals surface area contributed by atoms with E-state index in [2.05, 4.69) is 85.0 Å². The maximum Gasteiger partial charge on any atom is 0.451 e. The summed E-state index contributed by atoms with van der Waals surface area (Å²) in [4.78, 5) is 14.8. The van der Waals surface area contributed by atoms with Gasteiger partial charge < -0.3 is 4.28 Å². The van der Waals surface area contributed by atoms with Gasteiger partial charge in [-0.1, -0.05) is 77.8 Å². The van der Waals surface area contributed by atoms with Gasteiger partial charge in [0.1, 0.15) is 7.11 Å². The van der Waals surface area contributed by atoms with Gasteiger partial charge in [-0.3, -0.25) is 15.0 Å². The van der Waals surface area contributed by atoms with Crippen molar-refractivity contribution in [3.63, 3.8) is 0 Å². The molecular formula is C31H26BN3O. The first-order valence-electron chi connectivity index (χ1n) is 12.2. The predicted octanol–water partition coefficient (Wildman–Crippen LogP) is 5.35. The number of fused-ring (bicyclic) bond motifs is 1. The second kappa shape index (κ2) is 8.93. The Labute approximate surface area is 211 Å². The zero-order chi connectivity index (χ0) is 24.5. The van der Waals surface area contributed by atoms with Gasteiger partial charge in [0.05, 0.1) is 5.56 Å². The van der Waals surface area contributed by atoms with Crippen molar-refractivity contribution >= 4 is 28.6 Å². The highest BCUT2D eigenvalue weighted by Crippen LogP contribution is 2.50. The Balaban J connectivity index is 1.86. The Hall–Kier alpha value is -4.51. The summed E-state index contributed by atoms with van der Waals surface area (Å²) in [5.41, 5.74) is 8.47. The molecule has 0 aliphatic carbocycles. The van der Waals surface area contributed by atoms with E-state index in [1.165, 1.54) is 5.56 Å².